The maximum atomic E-state index is 12.5. The first-order valence-electron chi connectivity index (χ1n) is 7.92. The number of nitrogens with one attached hydrogen (secondary N) is 1. The number of nitrogens with two attached hydrogens (primary N) is 1. The Morgan fingerprint density at radius 2 is 1.92 bits per heavy atom. The van der Waals surface area contributed by atoms with E-state index in [4.69, 9.17) is 5.73 Å². The number of anilines is 1. The molecule has 0 radical (unpaired) electrons. The molecule has 3 N–H and O–H groups in total. The third-order valence-corrected chi connectivity index (χ3v) is 4.85. The summed E-state index contributed by atoms with van der Waals surface area (Å²) in [6, 6.07) is 5.64. The summed E-state index contributed by atoms with van der Waals surface area (Å²) in [5.74, 6) is -0.356. The second kappa shape index (κ2) is 8.83. The number of hydrogen-bond donors (Lipinski definition) is 2. The molecule has 1 saturated carbocycles. The average molecular weight is 419 g/mol. The molecular weight excluding hydrogens is 394 g/mol. The zero-order valence-corrected chi connectivity index (χ0v) is 16.5. The molecule has 0 saturated heterocycles. The fourth-order valence-electron chi connectivity index (χ4n) is 3.02. The van der Waals surface area contributed by atoms with E-state index >= 15 is 0 Å². The molecule has 1 aromatic rings. The van der Waals surface area contributed by atoms with Crippen molar-refractivity contribution in [2.45, 2.75) is 44.6 Å². The molecular formula is C17H25BrClN3O2. The summed E-state index contributed by atoms with van der Waals surface area (Å²) in [7, 11) is 1.64. The van der Waals surface area contributed by atoms with Crippen LogP contribution in [0.5, 0.6) is 0 Å². The Morgan fingerprint density at radius 1 is 1.29 bits per heavy atom. The molecule has 0 aliphatic heterocycles. The van der Waals surface area contributed by atoms with Crippen molar-refractivity contribution in [3.05, 3.63) is 28.2 Å². The van der Waals surface area contributed by atoms with Crippen LogP contribution in [0.1, 0.15) is 37.7 Å². The molecule has 2 amide bonds. The number of hydrogen-bond acceptors (Lipinski definition) is 3. The number of amides is 2. The van der Waals surface area contributed by atoms with Crippen LogP contribution in [0.4, 0.5) is 5.69 Å². The van der Waals surface area contributed by atoms with Gasteiger partial charge in [-0.2, -0.15) is 0 Å². The topological polar surface area (TPSA) is 75.4 Å². The standard InChI is InChI=1S/C17H24BrN3O2.ClH/c1-12-10-13(18)6-7-14(12)20-15(22)11-21(2)16(23)17(19)8-4-3-5-9-17;/h6-7,10H,3-5,8-9,11,19H2,1-2H3,(H,20,22);1H. The monoisotopic (exact) mass is 417 g/mol. The molecule has 1 aliphatic carbocycles. The van der Waals surface area contributed by atoms with E-state index in [1.54, 1.807) is 7.05 Å². The highest BCUT2D eigenvalue weighted by Crippen LogP contribution is 2.27. The zero-order valence-electron chi connectivity index (χ0n) is 14.1. The highest BCUT2D eigenvalue weighted by atomic mass is 79.9. The van der Waals surface area contributed by atoms with Crippen molar-refractivity contribution >= 4 is 45.8 Å². The fourth-order valence-corrected chi connectivity index (χ4v) is 3.50. The minimum atomic E-state index is -0.805. The van der Waals surface area contributed by atoms with Gasteiger partial charge in [0, 0.05) is 17.2 Å². The molecule has 2 rings (SSSR count). The Balaban J connectivity index is 0.00000288. The third-order valence-electron chi connectivity index (χ3n) is 4.36. The SMILES string of the molecule is Cc1cc(Br)ccc1NC(=O)CN(C)C(=O)C1(N)CCCCC1.Cl. The predicted octanol–water partition coefficient (Wildman–Crippen LogP) is 3.24. The van der Waals surface area contributed by atoms with Gasteiger partial charge in [0.05, 0.1) is 12.1 Å². The van der Waals surface area contributed by atoms with Crippen molar-refractivity contribution in [1.82, 2.24) is 4.90 Å². The lowest BCUT2D eigenvalue weighted by atomic mass is 9.81. The van der Waals surface area contributed by atoms with Gasteiger partial charge in [-0.3, -0.25) is 9.59 Å². The van der Waals surface area contributed by atoms with Crippen LogP contribution in [0.3, 0.4) is 0 Å². The number of likely N-dealkylation sites (N-methyl/N-ethyl adjacent to an activating group) is 1. The summed E-state index contributed by atoms with van der Waals surface area (Å²) in [5, 5.41) is 2.84. The normalized spacial score (nSPS) is 16.0. The summed E-state index contributed by atoms with van der Waals surface area (Å²) < 4.78 is 0.961. The Kier molecular flexibility index (Phi) is 7.70. The second-order valence-corrected chi connectivity index (χ2v) is 7.30. The smallest absolute Gasteiger partial charge is 0.243 e. The number of carbonyl (C=O) groups is 2. The number of aryl methyl sites for hydroxylation is 1. The molecule has 1 aromatic carbocycles. The summed E-state index contributed by atoms with van der Waals surface area (Å²) in [4.78, 5) is 26.2. The van der Waals surface area contributed by atoms with Crippen LogP contribution in [0.25, 0.3) is 0 Å². The highest BCUT2D eigenvalue weighted by Gasteiger charge is 2.37. The lowest BCUT2D eigenvalue weighted by molar-refractivity contribution is -0.139. The van der Waals surface area contributed by atoms with Crippen molar-refractivity contribution < 1.29 is 9.59 Å². The number of benzene rings is 1. The molecule has 7 heteroatoms. The lowest BCUT2D eigenvalue weighted by Crippen LogP contribution is -2.56. The quantitative estimate of drug-likeness (QED) is 0.788. The lowest BCUT2D eigenvalue weighted by Gasteiger charge is -2.35. The van der Waals surface area contributed by atoms with Gasteiger partial charge >= 0.3 is 0 Å². The number of rotatable bonds is 4. The largest absolute Gasteiger partial charge is 0.335 e. The molecule has 134 valence electrons. The summed E-state index contributed by atoms with van der Waals surface area (Å²) in [6.07, 6.45) is 4.47. The van der Waals surface area contributed by atoms with Crippen LogP contribution < -0.4 is 11.1 Å². The molecule has 0 aromatic heterocycles. The zero-order chi connectivity index (χ0) is 17.0. The van der Waals surface area contributed by atoms with Gasteiger partial charge in [-0.1, -0.05) is 35.2 Å². The Bertz CT molecular complexity index is 603. The van der Waals surface area contributed by atoms with Crippen LogP contribution in [-0.4, -0.2) is 35.8 Å². The molecule has 0 atom stereocenters. The van der Waals surface area contributed by atoms with E-state index < -0.39 is 5.54 Å². The maximum absolute atomic E-state index is 12.5. The maximum Gasteiger partial charge on any atom is 0.243 e. The van der Waals surface area contributed by atoms with Gasteiger partial charge in [0.25, 0.3) is 0 Å². The molecule has 0 spiro atoms. The van der Waals surface area contributed by atoms with Crippen molar-refractivity contribution in [3.63, 3.8) is 0 Å². The Labute approximate surface area is 157 Å². The van der Waals surface area contributed by atoms with E-state index in [2.05, 4.69) is 21.2 Å². The van der Waals surface area contributed by atoms with E-state index in [0.717, 1.165) is 35.0 Å². The van der Waals surface area contributed by atoms with E-state index in [1.165, 1.54) is 4.90 Å². The van der Waals surface area contributed by atoms with Gasteiger partial charge in [0.15, 0.2) is 0 Å². The van der Waals surface area contributed by atoms with E-state index in [9.17, 15) is 9.59 Å². The van der Waals surface area contributed by atoms with Crippen LogP contribution in [-0.2, 0) is 9.59 Å². The van der Waals surface area contributed by atoms with Crippen molar-refractivity contribution in [1.29, 1.82) is 0 Å². The van der Waals surface area contributed by atoms with Crippen molar-refractivity contribution in [2.75, 3.05) is 18.9 Å². The van der Waals surface area contributed by atoms with Crippen molar-refractivity contribution in [2.24, 2.45) is 5.73 Å². The number of nitrogens with zero attached hydrogens (tertiary/aromatic N) is 1. The Morgan fingerprint density at radius 3 is 2.50 bits per heavy atom. The van der Waals surface area contributed by atoms with E-state index in [-0.39, 0.29) is 30.8 Å². The minimum absolute atomic E-state index is 0. The van der Waals surface area contributed by atoms with Gasteiger partial charge in [0.2, 0.25) is 11.8 Å². The van der Waals surface area contributed by atoms with Crippen LogP contribution >= 0.6 is 28.3 Å². The van der Waals surface area contributed by atoms with Crippen LogP contribution in [0.2, 0.25) is 0 Å². The molecule has 0 bridgehead atoms. The Hall–Kier alpha value is -1.11. The first-order valence-corrected chi connectivity index (χ1v) is 8.71. The van der Waals surface area contributed by atoms with Gasteiger partial charge in [-0.15, -0.1) is 12.4 Å². The van der Waals surface area contributed by atoms with Gasteiger partial charge in [-0.25, -0.2) is 0 Å². The van der Waals surface area contributed by atoms with Crippen LogP contribution in [0.15, 0.2) is 22.7 Å². The van der Waals surface area contributed by atoms with E-state index in [0.29, 0.717) is 12.8 Å². The number of carbonyl (C=O) groups excluding carboxylic acids is 2. The third kappa shape index (κ3) is 5.19. The number of halogens is 2. The second-order valence-electron chi connectivity index (χ2n) is 6.39. The molecule has 0 unspecified atom stereocenters. The fraction of sp³-hybridized carbons (Fsp3) is 0.529. The summed E-state index contributed by atoms with van der Waals surface area (Å²) in [6.45, 7) is 1.93. The molecule has 0 heterocycles. The van der Waals surface area contributed by atoms with Crippen LogP contribution in [0, 0.1) is 6.92 Å². The molecule has 1 fully saturated rings. The van der Waals surface area contributed by atoms with Gasteiger partial charge < -0.3 is 16.0 Å². The first-order chi connectivity index (χ1) is 10.8. The first kappa shape index (κ1) is 20.9. The predicted molar refractivity (Wildman–Crippen MR) is 102 cm³/mol. The summed E-state index contributed by atoms with van der Waals surface area (Å²) >= 11 is 3.39. The highest BCUT2D eigenvalue weighted by molar-refractivity contribution is 9.10. The average Bonchev–Trinajstić information content (AvgIpc) is 2.50. The molecule has 24 heavy (non-hydrogen) atoms. The minimum Gasteiger partial charge on any atom is -0.335 e. The van der Waals surface area contributed by atoms with Gasteiger partial charge in [0.1, 0.15) is 0 Å². The summed E-state index contributed by atoms with van der Waals surface area (Å²) in [5.41, 5.74) is 7.15. The molecule has 1 aliphatic rings. The van der Waals surface area contributed by atoms with Gasteiger partial charge in [-0.05, 0) is 43.5 Å². The van der Waals surface area contributed by atoms with E-state index in [1.807, 2.05) is 25.1 Å². The van der Waals surface area contributed by atoms with Crippen molar-refractivity contribution in [3.8, 4) is 0 Å². The molecule has 5 nitrogen and oxygen atoms in total.